The molecular formula is C24H30N2O4S2. The Morgan fingerprint density at radius 1 is 1.03 bits per heavy atom. The molecule has 2 rings (SSSR count). The maximum Gasteiger partial charge on any atom is 0.327 e. The first-order valence-electron chi connectivity index (χ1n) is 10.2. The summed E-state index contributed by atoms with van der Waals surface area (Å²) in [5.74, 6) is -0.294. The molecule has 0 aromatic heterocycles. The molecule has 2 aromatic rings. The zero-order chi connectivity index (χ0) is 23.7. The molecule has 0 radical (unpaired) electrons. The molecule has 2 aromatic carbocycles. The highest BCUT2D eigenvalue weighted by Gasteiger charge is 2.32. The van der Waals surface area contributed by atoms with Gasteiger partial charge >= 0.3 is 5.97 Å². The molecular weight excluding hydrogens is 444 g/mol. The van der Waals surface area contributed by atoms with Crippen molar-refractivity contribution in [3.05, 3.63) is 65.7 Å². The van der Waals surface area contributed by atoms with Gasteiger partial charge in [0.15, 0.2) is 0 Å². The maximum absolute atomic E-state index is 12.8. The van der Waals surface area contributed by atoms with Crippen LogP contribution in [0.2, 0.25) is 0 Å². The second kappa shape index (κ2) is 12.0. The number of aliphatic carboxylic acids is 1. The molecule has 0 aliphatic heterocycles. The fourth-order valence-corrected chi connectivity index (χ4v) is 4.62. The number of carboxylic acids is 1. The quantitative estimate of drug-likeness (QED) is 0.506. The molecule has 0 fully saturated rings. The summed E-state index contributed by atoms with van der Waals surface area (Å²) >= 11 is 2.52. The molecule has 0 unspecified atom stereocenters. The fraction of sp³-hybridized carbons (Fsp3) is 0.375. The van der Waals surface area contributed by atoms with Gasteiger partial charge in [0.1, 0.15) is 6.04 Å². The summed E-state index contributed by atoms with van der Waals surface area (Å²) in [5.41, 5.74) is 1.87. The van der Waals surface area contributed by atoms with E-state index in [9.17, 15) is 19.5 Å². The monoisotopic (exact) mass is 474 g/mol. The third-order valence-corrected chi connectivity index (χ3v) is 7.27. The van der Waals surface area contributed by atoms with Crippen molar-refractivity contribution in [2.75, 3.05) is 30.5 Å². The fourth-order valence-electron chi connectivity index (χ4n) is 2.68. The van der Waals surface area contributed by atoms with E-state index in [1.54, 1.807) is 38.1 Å². The van der Waals surface area contributed by atoms with Gasteiger partial charge in [0.25, 0.3) is 0 Å². The number of nitrogens with zero attached hydrogens (tertiary/aromatic N) is 1. The maximum atomic E-state index is 12.8. The number of hydrogen-bond acceptors (Lipinski definition) is 6. The molecule has 6 nitrogen and oxygen atoms in total. The third kappa shape index (κ3) is 7.91. The van der Waals surface area contributed by atoms with Gasteiger partial charge in [0.05, 0.1) is 5.41 Å². The van der Waals surface area contributed by atoms with Gasteiger partial charge in [-0.25, -0.2) is 4.79 Å². The molecule has 0 saturated carbocycles. The predicted octanol–water partition coefficient (Wildman–Crippen LogP) is 4.16. The van der Waals surface area contributed by atoms with E-state index < -0.39 is 17.4 Å². The molecule has 1 amide bonds. The van der Waals surface area contributed by atoms with Crippen LogP contribution >= 0.6 is 23.5 Å². The lowest BCUT2D eigenvalue weighted by Gasteiger charge is -2.25. The van der Waals surface area contributed by atoms with Gasteiger partial charge in [-0.1, -0.05) is 68.1 Å². The van der Waals surface area contributed by atoms with Gasteiger partial charge in [0.2, 0.25) is 11.0 Å². The van der Waals surface area contributed by atoms with Crippen molar-refractivity contribution < 1.29 is 19.5 Å². The molecule has 1 atom stereocenters. The minimum Gasteiger partial charge on any atom is -0.480 e. The predicted molar refractivity (Wildman–Crippen MR) is 134 cm³/mol. The standard InChI is InChI=1S/C24H30N2O4S2/c1-24(2,16-32-22(29)18-8-6-5-7-9-18)23(30)25-20(21(27)28)15-31-14-17-10-12-19(13-11-17)26(3)4/h5-13,20H,14-16H2,1-4H3,(H,25,30)(H,27,28)/t20-/m0/s1. The van der Waals surface area contributed by atoms with Crippen LogP contribution in [0.25, 0.3) is 0 Å². The van der Waals surface area contributed by atoms with Crippen molar-refractivity contribution in [3.63, 3.8) is 0 Å². The minimum atomic E-state index is -1.07. The highest BCUT2D eigenvalue weighted by Crippen LogP contribution is 2.25. The second-order valence-corrected chi connectivity index (χ2v) is 10.2. The Balaban J connectivity index is 1.86. The van der Waals surface area contributed by atoms with Crippen molar-refractivity contribution in [1.82, 2.24) is 5.32 Å². The molecule has 172 valence electrons. The van der Waals surface area contributed by atoms with Crippen molar-refractivity contribution in [2.24, 2.45) is 5.41 Å². The van der Waals surface area contributed by atoms with E-state index in [1.807, 2.05) is 49.3 Å². The Kier molecular flexibility index (Phi) is 9.65. The summed E-state index contributed by atoms with van der Waals surface area (Å²) in [4.78, 5) is 38.8. The number of carbonyl (C=O) groups excluding carboxylic acids is 2. The van der Waals surface area contributed by atoms with Crippen LogP contribution in [-0.4, -0.2) is 53.7 Å². The normalized spacial score (nSPS) is 12.1. The summed E-state index contributed by atoms with van der Waals surface area (Å²) in [6.07, 6.45) is 0. The summed E-state index contributed by atoms with van der Waals surface area (Å²) in [5, 5.41) is 12.1. The van der Waals surface area contributed by atoms with Gasteiger partial charge in [-0.2, -0.15) is 11.8 Å². The SMILES string of the molecule is CN(C)c1ccc(CSC[C@H](NC(=O)C(C)(C)CSC(=O)c2ccccc2)C(=O)O)cc1. The average molecular weight is 475 g/mol. The molecule has 32 heavy (non-hydrogen) atoms. The Hall–Kier alpha value is -2.45. The first-order chi connectivity index (χ1) is 15.1. The first kappa shape index (κ1) is 25.8. The highest BCUT2D eigenvalue weighted by atomic mass is 32.2. The number of carboxylic acid groups (broad SMARTS) is 1. The topological polar surface area (TPSA) is 86.7 Å². The van der Waals surface area contributed by atoms with Crippen LogP contribution in [0.1, 0.15) is 29.8 Å². The molecule has 2 N–H and O–H groups in total. The van der Waals surface area contributed by atoms with Gasteiger partial charge in [-0.15, -0.1) is 0 Å². The number of anilines is 1. The zero-order valence-electron chi connectivity index (χ0n) is 18.8. The van der Waals surface area contributed by atoms with Gasteiger partial charge in [-0.05, 0) is 17.7 Å². The summed E-state index contributed by atoms with van der Waals surface area (Å²) in [6, 6.07) is 15.9. The number of nitrogens with one attached hydrogen (secondary N) is 1. The molecule has 0 saturated heterocycles. The molecule has 0 bridgehead atoms. The Bertz CT molecular complexity index is 915. The van der Waals surface area contributed by atoms with Crippen LogP contribution in [0.5, 0.6) is 0 Å². The number of amides is 1. The minimum absolute atomic E-state index is 0.114. The largest absolute Gasteiger partial charge is 0.480 e. The second-order valence-electron chi connectivity index (χ2n) is 8.27. The zero-order valence-corrected chi connectivity index (χ0v) is 20.5. The highest BCUT2D eigenvalue weighted by molar-refractivity contribution is 8.14. The van der Waals surface area contributed by atoms with Crippen LogP contribution in [0.4, 0.5) is 5.69 Å². The number of hydrogen-bond donors (Lipinski definition) is 2. The van der Waals surface area contributed by atoms with E-state index >= 15 is 0 Å². The van der Waals surface area contributed by atoms with Gasteiger partial charge in [-0.3, -0.25) is 9.59 Å². The Morgan fingerprint density at radius 3 is 2.22 bits per heavy atom. The number of rotatable bonds is 11. The summed E-state index contributed by atoms with van der Waals surface area (Å²) < 4.78 is 0. The van der Waals surface area contributed by atoms with Crippen LogP contribution in [0.15, 0.2) is 54.6 Å². The number of benzene rings is 2. The van der Waals surface area contributed by atoms with E-state index in [-0.39, 0.29) is 22.5 Å². The smallest absolute Gasteiger partial charge is 0.327 e. The van der Waals surface area contributed by atoms with Crippen LogP contribution < -0.4 is 10.2 Å². The molecule has 0 heterocycles. The molecule has 0 aliphatic rings. The van der Waals surface area contributed by atoms with Gasteiger partial charge < -0.3 is 15.3 Å². The lowest BCUT2D eigenvalue weighted by atomic mass is 9.95. The lowest BCUT2D eigenvalue weighted by Crippen LogP contribution is -2.48. The Labute approximate surface area is 198 Å². The number of carbonyl (C=O) groups is 3. The Morgan fingerprint density at radius 2 is 1.66 bits per heavy atom. The summed E-state index contributed by atoms with van der Waals surface area (Å²) in [6.45, 7) is 3.43. The molecule has 8 heteroatoms. The summed E-state index contributed by atoms with van der Waals surface area (Å²) in [7, 11) is 3.95. The van der Waals surface area contributed by atoms with E-state index in [1.165, 1.54) is 11.8 Å². The van der Waals surface area contributed by atoms with Crippen LogP contribution in [-0.2, 0) is 15.3 Å². The van der Waals surface area contributed by atoms with Crippen molar-refractivity contribution in [3.8, 4) is 0 Å². The van der Waals surface area contributed by atoms with E-state index in [4.69, 9.17) is 0 Å². The van der Waals surface area contributed by atoms with E-state index in [0.717, 1.165) is 23.0 Å². The average Bonchev–Trinajstić information content (AvgIpc) is 2.77. The first-order valence-corrected chi connectivity index (χ1v) is 12.3. The molecule has 0 spiro atoms. The van der Waals surface area contributed by atoms with Crippen molar-refractivity contribution in [2.45, 2.75) is 25.6 Å². The van der Waals surface area contributed by atoms with E-state index in [0.29, 0.717) is 11.3 Å². The van der Waals surface area contributed by atoms with Crippen LogP contribution in [0.3, 0.4) is 0 Å². The van der Waals surface area contributed by atoms with Crippen molar-refractivity contribution in [1.29, 1.82) is 0 Å². The van der Waals surface area contributed by atoms with Crippen LogP contribution in [0, 0.1) is 5.41 Å². The van der Waals surface area contributed by atoms with Gasteiger partial charge in [0, 0.05) is 42.6 Å². The molecule has 0 aliphatic carbocycles. The van der Waals surface area contributed by atoms with E-state index in [2.05, 4.69) is 5.32 Å². The number of thioether (sulfide) groups is 2. The lowest BCUT2D eigenvalue weighted by molar-refractivity contribution is -0.142. The third-order valence-electron chi connectivity index (χ3n) is 4.80. The van der Waals surface area contributed by atoms with Crippen molar-refractivity contribution >= 4 is 46.2 Å².